The summed E-state index contributed by atoms with van der Waals surface area (Å²) >= 11 is 0. The minimum Gasteiger partial charge on any atom is -0.507 e. The largest absolute Gasteiger partial charge is 0.507 e. The van der Waals surface area contributed by atoms with Crippen molar-refractivity contribution in [2.24, 2.45) is 0 Å². The molecule has 1 unspecified atom stereocenters. The van der Waals surface area contributed by atoms with Crippen molar-refractivity contribution in [1.82, 2.24) is 0 Å². The van der Waals surface area contributed by atoms with Crippen molar-refractivity contribution in [2.45, 2.75) is 33.7 Å². The minimum atomic E-state index is -0.781. The van der Waals surface area contributed by atoms with Gasteiger partial charge in [0.1, 0.15) is 11.5 Å². The van der Waals surface area contributed by atoms with Gasteiger partial charge in [0.25, 0.3) is 11.7 Å². The third-order valence-electron chi connectivity index (χ3n) is 6.91. The highest BCUT2D eigenvalue weighted by Crippen LogP contribution is 2.43. The first-order valence-electron chi connectivity index (χ1n) is 12.2. The number of carbonyl (C=O) groups is 2. The van der Waals surface area contributed by atoms with Gasteiger partial charge < -0.3 is 14.7 Å². The predicted molar refractivity (Wildman–Crippen MR) is 144 cm³/mol. The molecular weight excluding hydrogens is 452 g/mol. The molecular formula is C30H32N2O4. The Morgan fingerprint density at radius 1 is 0.917 bits per heavy atom. The molecule has 1 N–H and O–H groups in total. The third-order valence-corrected chi connectivity index (χ3v) is 6.91. The highest BCUT2D eigenvalue weighted by Gasteiger charge is 2.47. The topological polar surface area (TPSA) is 70.1 Å². The van der Waals surface area contributed by atoms with Gasteiger partial charge in [-0.05, 0) is 86.8 Å². The van der Waals surface area contributed by atoms with Crippen LogP contribution in [0.25, 0.3) is 5.76 Å². The molecule has 1 heterocycles. The van der Waals surface area contributed by atoms with Gasteiger partial charge in [-0.1, -0.05) is 24.3 Å². The number of aryl methyl sites for hydroxylation is 2. The molecule has 0 saturated carbocycles. The minimum absolute atomic E-state index is 0.0706. The summed E-state index contributed by atoms with van der Waals surface area (Å²) in [6.07, 6.45) is 0. The summed E-state index contributed by atoms with van der Waals surface area (Å²) in [5, 5.41) is 11.4. The smallest absolute Gasteiger partial charge is 0.300 e. The zero-order chi connectivity index (χ0) is 26.0. The third kappa shape index (κ3) is 4.47. The Morgan fingerprint density at radius 3 is 2.11 bits per heavy atom. The monoisotopic (exact) mass is 484 g/mol. The number of nitrogens with zero attached hydrogens (tertiary/aromatic N) is 2. The summed E-state index contributed by atoms with van der Waals surface area (Å²) in [4.78, 5) is 30.5. The maximum atomic E-state index is 13.4. The molecule has 186 valence electrons. The van der Waals surface area contributed by atoms with E-state index in [0.717, 1.165) is 29.9 Å². The molecule has 1 saturated heterocycles. The molecule has 1 aliphatic heterocycles. The Balaban J connectivity index is 1.88. The molecule has 1 amide bonds. The van der Waals surface area contributed by atoms with Gasteiger partial charge in [-0.2, -0.15) is 0 Å². The van der Waals surface area contributed by atoms with Crippen molar-refractivity contribution < 1.29 is 19.4 Å². The van der Waals surface area contributed by atoms with Gasteiger partial charge in [-0.3, -0.25) is 14.5 Å². The lowest BCUT2D eigenvalue weighted by molar-refractivity contribution is -0.132. The lowest BCUT2D eigenvalue weighted by Crippen LogP contribution is -2.29. The Morgan fingerprint density at radius 2 is 1.56 bits per heavy atom. The summed E-state index contributed by atoms with van der Waals surface area (Å²) in [5.74, 6) is -0.899. The van der Waals surface area contributed by atoms with E-state index >= 15 is 0 Å². The van der Waals surface area contributed by atoms with Gasteiger partial charge >= 0.3 is 0 Å². The number of hydrogen-bond acceptors (Lipinski definition) is 5. The molecule has 6 nitrogen and oxygen atoms in total. The van der Waals surface area contributed by atoms with E-state index in [-0.39, 0.29) is 11.3 Å². The molecule has 3 aromatic rings. The van der Waals surface area contributed by atoms with Crippen LogP contribution in [0.3, 0.4) is 0 Å². The maximum Gasteiger partial charge on any atom is 0.300 e. The first-order valence-corrected chi connectivity index (χ1v) is 12.2. The van der Waals surface area contributed by atoms with E-state index in [4.69, 9.17) is 4.74 Å². The number of anilines is 2. The zero-order valence-corrected chi connectivity index (χ0v) is 21.4. The number of benzene rings is 3. The summed E-state index contributed by atoms with van der Waals surface area (Å²) in [6.45, 7) is 9.84. The van der Waals surface area contributed by atoms with Gasteiger partial charge in [-0.25, -0.2) is 0 Å². The van der Waals surface area contributed by atoms with Crippen LogP contribution in [0.1, 0.15) is 42.1 Å². The van der Waals surface area contributed by atoms with Crippen LogP contribution in [0.5, 0.6) is 5.75 Å². The van der Waals surface area contributed by atoms with Crippen molar-refractivity contribution in [1.29, 1.82) is 0 Å². The molecule has 0 aliphatic carbocycles. The number of ketones is 1. The Bertz CT molecular complexity index is 1310. The number of amides is 1. The van der Waals surface area contributed by atoms with Crippen LogP contribution in [-0.2, 0) is 9.59 Å². The molecule has 0 spiro atoms. The molecule has 0 bridgehead atoms. The average molecular weight is 485 g/mol. The molecule has 4 rings (SSSR count). The summed E-state index contributed by atoms with van der Waals surface area (Å²) in [5.41, 5.74) is 4.97. The molecule has 0 radical (unpaired) electrons. The van der Waals surface area contributed by atoms with Gasteiger partial charge in [0, 0.05) is 30.0 Å². The Kier molecular flexibility index (Phi) is 7.15. The van der Waals surface area contributed by atoms with Crippen LogP contribution in [0.2, 0.25) is 0 Å². The molecule has 36 heavy (non-hydrogen) atoms. The van der Waals surface area contributed by atoms with E-state index in [2.05, 4.69) is 18.7 Å². The molecule has 1 atom stereocenters. The SMILES string of the molecule is CCN(CC)c1ccc(N2C(=O)C(=O)/C(=C(\O)c3ccc(C)c(C)c3)C2c2ccc(OC)cc2)cc1. The van der Waals surface area contributed by atoms with E-state index in [1.807, 2.05) is 62.4 Å². The van der Waals surface area contributed by atoms with Gasteiger partial charge in [0.05, 0.1) is 18.7 Å². The number of aliphatic hydroxyl groups is 1. The second-order valence-electron chi connectivity index (χ2n) is 8.93. The highest BCUT2D eigenvalue weighted by atomic mass is 16.5. The van der Waals surface area contributed by atoms with E-state index in [1.165, 1.54) is 4.90 Å². The quantitative estimate of drug-likeness (QED) is 0.261. The lowest BCUT2D eigenvalue weighted by atomic mass is 9.94. The normalized spacial score (nSPS) is 16.9. The number of Topliss-reactive ketones (excluding diaryl/α,β-unsaturated/α-hetero) is 1. The molecule has 6 heteroatoms. The number of rotatable bonds is 7. The van der Waals surface area contributed by atoms with Crippen LogP contribution in [0.4, 0.5) is 11.4 Å². The van der Waals surface area contributed by atoms with Crippen LogP contribution in [-0.4, -0.2) is 37.0 Å². The summed E-state index contributed by atoms with van der Waals surface area (Å²) in [7, 11) is 1.58. The molecule has 0 aromatic heterocycles. The second kappa shape index (κ2) is 10.3. The van der Waals surface area contributed by atoms with Crippen LogP contribution >= 0.6 is 0 Å². The number of hydrogen-bond donors (Lipinski definition) is 1. The van der Waals surface area contributed by atoms with Gasteiger partial charge in [0.2, 0.25) is 0 Å². The first-order chi connectivity index (χ1) is 17.3. The van der Waals surface area contributed by atoms with Crippen LogP contribution < -0.4 is 14.5 Å². The summed E-state index contributed by atoms with van der Waals surface area (Å²) in [6, 6.07) is 19.6. The Labute approximate surface area is 212 Å². The standard InChI is InChI=1S/C30H32N2O4/c1-6-31(7-2)23-12-14-24(15-13-23)32-27(21-10-16-25(36-5)17-11-21)26(29(34)30(32)35)28(33)22-9-8-19(3)20(4)18-22/h8-18,27,33H,6-7H2,1-5H3/b28-26-. The van der Waals surface area contributed by atoms with Crippen molar-refractivity contribution in [3.8, 4) is 5.75 Å². The lowest BCUT2D eigenvalue weighted by Gasteiger charge is -2.27. The number of aliphatic hydroxyl groups excluding tert-OH is 1. The second-order valence-corrected chi connectivity index (χ2v) is 8.93. The van der Waals surface area contributed by atoms with Crippen LogP contribution in [0, 0.1) is 13.8 Å². The predicted octanol–water partition coefficient (Wildman–Crippen LogP) is 5.78. The highest BCUT2D eigenvalue weighted by molar-refractivity contribution is 6.51. The summed E-state index contributed by atoms with van der Waals surface area (Å²) < 4.78 is 5.30. The molecule has 1 fully saturated rings. The van der Waals surface area contributed by atoms with Crippen molar-refractivity contribution >= 4 is 28.8 Å². The fourth-order valence-corrected chi connectivity index (χ4v) is 4.66. The zero-order valence-electron chi connectivity index (χ0n) is 21.4. The first kappa shape index (κ1) is 25.0. The van der Waals surface area contributed by atoms with Gasteiger partial charge in [0.15, 0.2) is 0 Å². The van der Waals surface area contributed by atoms with E-state index in [9.17, 15) is 14.7 Å². The van der Waals surface area contributed by atoms with Gasteiger partial charge in [-0.15, -0.1) is 0 Å². The number of ether oxygens (including phenoxy) is 1. The Hall–Kier alpha value is -4.06. The van der Waals surface area contributed by atoms with E-state index in [0.29, 0.717) is 22.6 Å². The van der Waals surface area contributed by atoms with Crippen LogP contribution in [0.15, 0.2) is 72.3 Å². The van der Waals surface area contributed by atoms with E-state index < -0.39 is 17.7 Å². The average Bonchev–Trinajstić information content (AvgIpc) is 3.16. The molecule has 3 aromatic carbocycles. The number of carbonyl (C=O) groups excluding carboxylic acids is 2. The fourth-order valence-electron chi connectivity index (χ4n) is 4.66. The fraction of sp³-hybridized carbons (Fsp3) is 0.267. The van der Waals surface area contributed by atoms with Crippen molar-refractivity contribution in [3.63, 3.8) is 0 Å². The number of methoxy groups -OCH3 is 1. The molecule has 1 aliphatic rings. The maximum absolute atomic E-state index is 13.4. The van der Waals surface area contributed by atoms with Crippen molar-refractivity contribution in [3.05, 3.63) is 94.6 Å². The van der Waals surface area contributed by atoms with E-state index in [1.54, 1.807) is 25.3 Å². The van der Waals surface area contributed by atoms with Crippen molar-refractivity contribution in [2.75, 3.05) is 30.0 Å².